The molecule has 0 aliphatic heterocycles. The SMILES string of the molecule is NC1(COc2c(F)cc(Cl)cc2Br)CC1. The number of benzene rings is 1. The zero-order valence-corrected chi connectivity index (χ0v) is 10.2. The van der Waals surface area contributed by atoms with Gasteiger partial charge in [-0.15, -0.1) is 0 Å². The van der Waals surface area contributed by atoms with Crippen molar-refractivity contribution in [2.75, 3.05) is 6.61 Å². The van der Waals surface area contributed by atoms with Gasteiger partial charge in [-0.1, -0.05) is 11.6 Å². The Morgan fingerprint density at radius 1 is 1.53 bits per heavy atom. The first-order valence-corrected chi connectivity index (χ1v) is 5.73. The number of hydrogen-bond donors (Lipinski definition) is 1. The highest BCUT2D eigenvalue weighted by Crippen LogP contribution is 2.36. The Bertz CT molecular complexity index is 372. The van der Waals surface area contributed by atoms with Gasteiger partial charge in [-0.05, 0) is 40.9 Å². The molecule has 0 amide bonds. The molecule has 1 aliphatic rings. The second-order valence-corrected chi connectivity index (χ2v) is 5.14. The number of hydrogen-bond acceptors (Lipinski definition) is 2. The molecule has 15 heavy (non-hydrogen) atoms. The third-order valence-corrected chi connectivity index (χ3v) is 3.17. The van der Waals surface area contributed by atoms with Crippen LogP contribution < -0.4 is 10.5 Å². The first-order chi connectivity index (χ1) is 7.00. The lowest BCUT2D eigenvalue weighted by molar-refractivity contribution is 0.265. The van der Waals surface area contributed by atoms with E-state index in [4.69, 9.17) is 22.1 Å². The van der Waals surface area contributed by atoms with Crippen molar-refractivity contribution < 1.29 is 9.13 Å². The molecule has 0 heterocycles. The summed E-state index contributed by atoms with van der Waals surface area (Å²) in [7, 11) is 0. The average Bonchev–Trinajstić information content (AvgIpc) is 2.82. The molecule has 1 aliphatic carbocycles. The molecule has 2 nitrogen and oxygen atoms in total. The van der Waals surface area contributed by atoms with Crippen molar-refractivity contribution in [3.63, 3.8) is 0 Å². The van der Waals surface area contributed by atoms with Gasteiger partial charge in [0, 0.05) is 5.02 Å². The maximum atomic E-state index is 13.4. The van der Waals surface area contributed by atoms with Gasteiger partial charge in [0.15, 0.2) is 11.6 Å². The molecule has 2 rings (SSSR count). The third kappa shape index (κ3) is 2.62. The van der Waals surface area contributed by atoms with Gasteiger partial charge in [-0.25, -0.2) is 4.39 Å². The van der Waals surface area contributed by atoms with Crippen LogP contribution in [0.4, 0.5) is 4.39 Å². The quantitative estimate of drug-likeness (QED) is 0.929. The van der Waals surface area contributed by atoms with Crippen molar-refractivity contribution in [1.29, 1.82) is 0 Å². The second-order valence-electron chi connectivity index (χ2n) is 3.85. The van der Waals surface area contributed by atoms with E-state index in [1.165, 1.54) is 6.07 Å². The van der Waals surface area contributed by atoms with Gasteiger partial charge in [0.1, 0.15) is 6.61 Å². The Labute approximate surface area is 101 Å². The molecular weight excluding hydrogens is 284 g/mol. The number of halogens is 3. The minimum atomic E-state index is -0.473. The summed E-state index contributed by atoms with van der Waals surface area (Å²) in [5.74, 6) is -0.297. The van der Waals surface area contributed by atoms with E-state index in [1.54, 1.807) is 6.07 Å². The van der Waals surface area contributed by atoms with Crippen LogP contribution in [-0.4, -0.2) is 12.1 Å². The highest BCUT2D eigenvalue weighted by molar-refractivity contribution is 9.10. The van der Waals surface area contributed by atoms with Crippen molar-refractivity contribution >= 4 is 27.5 Å². The van der Waals surface area contributed by atoms with Gasteiger partial charge in [0.25, 0.3) is 0 Å². The second kappa shape index (κ2) is 3.92. The lowest BCUT2D eigenvalue weighted by Gasteiger charge is -2.13. The van der Waals surface area contributed by atoms with E-state index in [0.717, 1.165) is 12.8 Å². The molecule has 0 aromatic heterocycles. The Hall–Kier alpha value is -0.320. The normalized spacial score (nSPS) is 17.6. The van der Waals surface area contributed by atoms with E-state index in [0.29, 0.717) is 16.1 Å². The summed E-state index contributed by atoms with van der Waals surface area (Å²) in [5.41, 5.74) is 5.58. The Morgan fingerprint density at radius 2 is 2.20 bits per heavy atom. The van der Waals surface area contributed by atoms with Crippen LogP contribution in [0.15, 0.2) is 16.6 Å². The summed E-state index contributed by atoms with van der Waals surface area (Å²) < 4.78 is 19.3. The Morgan fingerprint density at radius 3 is 2.73 bits per heavy atom. The summed E-state index contributed by atoms with van der Waals surface area (Å²) in [5, 5.41) is 0.334. The van der Waals surface area contributed by atoms with Gasteiger partial charge in [-0.2, -0.15) is 0 Å². The number of nitrogens with two attached hydrogens (primary N) is 1. The van der Waals surface area contributed by atoms with Crippen molar-refractivity contribution in [3.8, 4) is 5.75 Å². The first-order valence-electron chi connectivity index (χ1n) is 4.56. The lowest BCUT2D eigenvalue weighted by Crippen LogP contribution is -2.30. The highest BCUT2D eigenvalue weighted by Gasteiger charge is 2.39. The minimum absolute atomic E-state index is 0.177. The largest absolute Gasteiger partial charge is 0.487 e. The molecule has 0 radical (unpaired) electrons. The van der Waals surface area contributed by atoms with E-state index >= 15 is 0 Å². The van der Waals surface area contributed by atoms with Gasteiger partial charge in [0.05, 0.1) is 10.0 Å². The Balaban J connectivity index is 2.13. The fourth-order valence-electron chi connectivity index (χ4n) is 1.19. The smallest absolute Gasteiger partial charge is 0.169 e. The molecule has 1 aromatic carbocycles. The van der Waals surface area contributed by atoms with E-state index < -0.39 is 5.82 Å². The zero-order valence-electron chi connectivity index (χ0n) is 7.90. The van der Waals surface area contributed by atoms with Gasteiger partial charge in [0.2, 0.25) is 0 Å². The van der Waals surface area contributed by atoms with Gasteiger partial charge < -0.3 is 10.5 Å². The van der Waals surface area contributed by atoms with Crippen LogP contribution in [0, 0.1) is 5.82 Å². The molecule has 1 saturated carbocycles. The first kappa shape index (κ1) is 11.2. The minimum Gasteiger partial charge on any atom is -0.487 e. The summed E-state index contributed by atoms with van der Waals surface area (Å²) >= 11 is 8.87. The molecular formula is C10H10BrClFNO. The van der Waals surface area contributed by atoms with E-state index in [1.807, 2.05) is 0 Å². The molecule has 0 unspecified atom stereocenters. The standard InChI is InChI=1S/C10H10BrClFNO/c11-7-3-6(12)4-8(13)9(7)15-5-10(14)1-2-10/h3-4H,1-2,5,14H2. The fourth-order valence-corrected chi connectivity index (χ4v) is 2.07. The number of rotatable bonds is 3. The van der Waals surface area contributed by atoms with Crippen LogP contribution in [0.2, 0.25) is 5.02 Å². The average molecular weight is 295 g/mol. The van der Waals surface area contributed by atoms with Gasteiger partial charge in [-0.3, -0.25) is 0 Å². The topological polar surface area (TPSA) is 35.2 Å². The fraction of sp³-hybridized carbons (Fsp3) is 0.400. The molecule has 2 N–H and O–H groups in total. The molecule has 0 spiro atoms. The van der Waals surface area contributed by atoms with E-state index in [2.05, 4.69) is 15.9 Å². The van der Waals surface area contributed by atoms with Crippen molar-refractivity contribution in [3.05, 3.63) is 27.4 Å². The maximum absolute atomic E-state index is 13.4. The van der Waals surface area contributed by atoms with Crippen LogP contribution in [0.25, 0.3) is 0 Å². The summed E-state index contributed by atoms with van der Waals surface area (Å²) in [4.78, 5) is 0. The van der Waals surface area contributed by atoms with E-state index in [9.17, 15) is 4.39 Å². The van der Waals surface area contributed by atoms with Crippen LogP contribution >= 0.6 is 27.5 Å². The summed E-state index contributed by atoms with van der Waals surface area (Å²) in [6.45, 7) is 0.337. The molecule has 82 valence electrons. The van der Waals surface area contributed by atoms with E-state index in [-0.39, 0.29) is 11.3 Å². The third-order valence-electron chi connectivity index (χ3n) is 2.36. The number of ether oxygens (including phenoxy) is 1. The summed E-state index contributed by atoms with van der Waals surface area (Å²) in [6, 6.07) is 2.81. The maximum Gasteiger partial charge on any atom is 0.169 e. The monoisotopic (exact) mass is 293 g/mol. The molecule has 0 atom stereocenters. The molecule has 0 saturated heterocycles. The summed E-state index contributed by atoms with van der Waals surface area (Å²) in [6.07, 6.45) is 1.86. The lowest BCUT2D eigenvalue weighted by atomic mass is 10.3. The molecule has 5 heteroatoms. The molecule has 0 bridgehead atoms. The van der Waals surface area contributed by atoms with Crippen LogP contribution in [0.3, 0.4) is 0 Å². The van der Waals surface area contributed by atoms with Crippen molar-refractivity contribution in [2.24, 2.45) is 5.73 Å². The van der Waals surface area contributed by atoms with Crippen LogP contribution in [0.5, 0.6) is 5.75 Å². The molecule has 1 fully saturated rings. The van der Waals surface area contributed by atoms with Crippen LogP contribution in [0.1, 0.15) is 12.8 Å². The van der Waals surface area contributed by atoms with Crippen molar-refractivity contribution in [2.45, 2.75) is 18.4 Å². The predicted octanol–water partition coefficient (Wildman–Crippen LogP) is 3.11. The molecule has 1 aromatic rings. The Kier molecular flexibility index (Phi) is 2.92. The van der Waals surface area contributed by atoms with Crippen molar-refractivity contribution in [1.82, 2.24) is 0 Å². The van der Waals surface area contributed by atoms with Crippen LogP contribution in [-0.2, 0) is 0 Å². The zero-order chi connectivity index (χ0) is 11.1. The highest BCUT2D eigenvalue weighted by atomic mass is 79.9. The predicted molar refractivity (Wildman–Crippen MR) is 60.8 cm³/mol. The van der Waals surface area contributed by atoms with Gasteiger partial charge >= 0.3 is 0 Å².